The number of nitrogens with one attached hydrogen (secondary N) is 1. The number of amides is 1. The van der Waals surface area contributed by atoms with Crippen molar-refractivity contribution in [2.45, 2.75) is 6.42 Å². The van der Waals surface area contributed by atoms with E-state index in [-0.39, 0.29) is 5.91 Å². The van der Waals surface area contributed by atoms with Crippen LogP contribution >= 0.6 is 0 Å². The lowest BCUT2D eigenvalue weighted by molar-refractivity contribution is 0.0947. The Balaban J connectivity index is 1.65. The summed E-state index contributed by atoms with van der Waals surface area (Å²) in [5.74, 6) is -0.141. The van der Waals surface area contributed by atoms with E-state index >= 15 is 0 Å². The van der Waals surface area contributed by atoms with Gasteiger partial charge < -0.3 is 5.32 Å². The van der Waals surface area contributed by atoms with Gasteiger partial charge in [-0.3, -0.25) is 14.3 Å². The second-order valence-corrected chi connectivity index (χ2v) is 4.81. The minimum Gasteiger partial charge on any atom is -0.350 e. The van der Waals surface area contributed by atoms with Crippen molar-refractivity contribution in [2.75, 3.05) is 6.54 Å². The van der Waals surface area contributed by atoms with Crippen LogP contribution in [0.4, 0.5) is 0 Å². The molecule has 1 N–H and O–H groups in total. The van der Waals surface area contributed by atoms with E-state index in [1.807, 2.05) is 48.5 Å². The molecule has 0 aliphatic carbocycles. The number of nitrogens with zero attached hydrogens (tertiary/aromatic N) is 3. The number of rotatable bonds is 5. The molecule has 2 heterocycles. The molecule has 110 valence electrons. The van der Waals surface area contributed by atoms with Crippen molar-refractivity contribution in [2.24, 2.45) is 0 Å². The Kier molecular flexibility index (Phi) is 4.25. The fourth-order valence-corrected chi connectivity index (χ4v) is 2.20. The van der Waals surface area contributed by atoms with Gasteiger partial charge >= 0.3 is 0 Å². The molecule has 5 nitrogen and oxygen atoms in total. The molecule has 3 rings (SSSR count). The van der Waals surface area contributed by atoms with Crippen LogP contribution in [-0.2, 0) is 6.42 Å². The highest BCUT2D eigenvalue weighted by atomic mass is 16.1. The Morgan fingerprint density at radius 3 is 2.68 bits per heavy atom. The van der Waals surface area contributed by atoms with Crippen LogP contribution in [0, 0.1) is 0 Å². The molecule has 0 radical (unpaired) electrons. The lowest BCUT2D eigenvalue weighted by atomic mass is 10.2. The second kappa shape index (κ2) is 6.67. The van der Waals surface area contributed by atoms with Crippen LogP contribution in [0.25, 0.3) is 5.69 Å². The lowest BCUT2D eigenvalue weighted by Crippen LogP contribution is -2.27. The second-order valence-electron chi connectivity index (χ2n) is 4.81. The van der Waals surface area contributed by atoms with E-state index in [2.05, 4.69) is 15.3 Å². The highest BCUT2D eigenvalue weighted by Gasteiger charge is 2.12. The van der Waals surface area contributed by atoms with E-state index in [1.165, 1.54) is 0 Å². The van der Waals surface area contributed by atoms with E-state index in [1.54, 1.807) is 23.3 Å². The van der Waals surface area contributed by atoms with Crippen LogP contribution in [0.15, 0.2) is 67.3 Å². The fourth-order valence-electron chi connectivity index (χ4n) is 2.20. The van der Waals surface area contributed by atoms with E-state index in [4.69, 9.17) is 0 Å². The maximum Gasteiger partial charge on any atom is 0.269 e. The number of benzene rings is 1. The molecular formula is C17H16N4O. The van der Waals surface area contributed by atoms with Crippen molar-refractivity contribution >= 4 is 5.91 Å². The van der Waals surface area contributed by atoms with Crippen molar-refractivity contribution in [3.8, 4) is 5.69 Å². The molecule has 1 aromatic carbocycles. The Morgan fingerprint density at radius 2 is 1.91 bits per heavy atom. The zero-order valence-corrected chi connectivity index (χ0v) is 12.0. The summed E-state index contributed by atoms with van der Waals surface area (Å²) >= 11 is 0. The van der Waals surface area contributed by atoms with E-state index in [0.29, 0.717) is 18.7 Å². The van der Waals surface area contributed by atoms with E-state index in [9.17, 15) is 4.79 Å². The quantitative estimate of drug-likeness (QED) is 0.784. The fraction of sp³-hybridized carbons (Fsp3) is 0.118. The first-order valence-corrected chi connectivity index (χ1v) is 7.10. The average Bonchev–Trinajstić information content (AvgIpc) is 3.06. The van der Waals surface area contributed by atoms with Crippen LogP contribution in [0.5, 0.6) is 0 Å². The van der Waals surface area contributed by atoms with Gasteiger partial charge in [0.2, 0.25) is 0 Å². The third-order valence-electron chi connectivity index (χ3n) is 3.30. The predicted octanol–water partition coefficient (Wildman–Crippen LogP) is 2.24. The zero-order valence-electron chi connectivity index (χ0n) is 12.0. The molecule has 0 fully saturated rings. The van der Waals surface area contributed by atoms with Gasteiger partial charge in [0.15, 0.2) is 0 Å². The standard InChI is InChI=1S/C17H16N4O/c22-17(20-11-9-14-6-4-5-10-19-14)16-12-18-13-21(16)15-7-2-1-3-8-15/h1-8,10,12-13H,9,11H2,(H,20,22). The highest BCUT2D eigenvalue weighted by Crippen LogP contribution is 2.10. The first kappa shape index (κ1) is 14.0. The largest absolute Gasteiger partial charge is 0.350 e. The van der Waals surface area contributed by atoms with Gasteiger partial charge in [-0.25, -0.2) is 4.98 Å². The van der Waals surface area contributed by atoms with Crippen molar-refractivity contribution < 1.29 is 4.79 Å². The highest BCUT2D eigenvalue weighted by molar-refractivity contribution is 5.92. The van der Waals surface area contributed by atoms with Gasteiger partial charge in [-0.1, -0.05) is 24.3 Å². The lowest BCUT2D eigenvalue weighted by Gasteiger charge is -2.08. The minimum absolute atomic E-state index is 0.141. The molecule has 5 heteroatoms. The summed E-state index contributed by atoms with van der Waals surface area (Å²) < 4.78 is 1.77. The van der Waals surface area contributed by atoms with Crippen molar-refractivity contribution in [1.29, 1.82) is 0 Å². The summed E-state index contributed by atoms with van der Waals surface area (Å²) in [6, 6.07) is 15.4. The summed E-state index contributed by atoms with van der Waals surface area (Å²) in [5.41, 5.74) is 2.39. The number of pyridine rings is 1. The van der Waals surface area contributed by atoms with Crippen molar-refractivity contribution in [3.63, 3.8) is 0 Å². The number of para-hydroxylation sites is 1. The normalized spacial score (nSPS) is 10.4. The monoisotopic (exact) mass is 292 g/mol. The third-order valence-corrected chi connectivity index (χ3v) is 3.30. The number of hydrogen-bond acceptors (Lipinski definition) is 3. The van der Waals surface area contributed by atoms with Crippen LogP contribution < -0.4 is 5.32 Å². The van der Waals surface area contributed by atoms with Crippen LogP contribution in [0.2, 0.25) is 0 Å². The summed E-state index contributed by atoms with van der Waals surface area (Å²) in [5, 5.41) is 2.90. The number of carbonyl (C=O) groups excluding carboxylic acids is 1. The number of imidazole rings is 1. The van der Waals surface area contributed by atoms with Crippen molar-refractivity contribution in [3.05, 3.63) is 78.6 Å². The summed E-state index contributed by atoms with van der Waals surface area (Å²) in [7, 11) is 0. The van der Waals surface area contributed by atoms with Gasteiger partial charge in [-0.15, -0.1) is 0 Å². The maximum atomic E-state index is 12.3. The molecule has 0 saturated carbocycles. The molecule has 0 spiro atoms. The summed E-state index contributed by atoms with van der Waals surface area (Å²) in [6.45, 7) is 0.538. The Bertz CT molecular complexity index is 738. The molecule has 22 heavy (non-hydrogen) atoms. The van der Waals surface area contributed by atoms with E-state index in [0.717, 1.165) is 11.4 Å². The molecule has 1 amide bonds. The van der Waals surface area contributed by atoms with Crippen LogP contribution in [0.1, 0.15) is 16.2 Å². The molecule has 0 bridgehead atoms. The zero-order chi connectivity index (χ0) is 15.2. The van der Waals surface area contributed by atoms with Gasteiger partial charge in [0.25, 0.3) is 5.91 Å². The van der Waals surface area contributed by atoms with Gasteiger partial charge in [0.1, 0.15) is 5.69 Å². The first-order chi connectivity index (χ1) is 10.8. The van der Waals surface area contributed by atoms with Crippen molar-refractivity contribution in [1.82, 2.24) is 19.9 Å². The predicted molar refractivity (Wildman–Crippen MR) is 83.8 cm³/mol. The minimum atomic E-state index is -0.141. The molecule has 0 atom stereocenters. The van der Waals surface area contributed by atoms with Gasteiger partial charge in [0.05, 0.1) is 12.5 Å². The molecule has 0 aliphatic heterocycles. The molecule has 0 saturated heterocycles. The molecule has 0 aliphatic rings. The maximum absolute atomic E-state index is 12.3. The molecular weight excluding hydrogens is 276 g/mol. The van der Waals surface area contributed by atoms with Gasteiger partial charge in [-0.2, -0.15) is 0 Å². The number of carbonyl (C=O) groups is 1. The van der Waals surface area contributed by atoms with Gasteiger partial charge in [-0.05, 0) is 24.3 Å². The summed E-state index contributed by atoms with van der Waals surface area (Å²) in [4.78, 5) is 20.6. The Hall–Kier alpha value is -2.95. The number of hydrogen-bond donors (Lipinski definition) is 1. The molecule has 2 aromatic heterocycles. The van der Waals surface area contributed by atoms with Crippen LogP contribution in [-0.4, -0.2) is 27.0 Å². The molecule has 0 unspecified atom stereocenters. The first-order valence-electron chi connectivity index (χ1n) is 7.10. The smallest absolute Gasteiger partial charge is 0.269 e. The van der Waals surface area contributed by atoms with Gasteiger partial charge in [0, 0.05) is 30.5 Å². The summed E-state index contributed by atoms with van der Waals surface area (Å²) in [6.07, 6.45) is 5.67. The topological polar surface area (TPSA) is 59.8 Å². The third kappa shape index (κ3) is 3.20. The Labute approximate surface area is 128 Å². The SMILES string of the molecule is O=C(NCCc1ccccn1)c1cncn1-c1ccccc1. The van der Waals surface area contributed by atoms with Crippen LogP contribution in [0.3, 0.4) is 0 Å². The number of aromatic nitrogens is 3. The Morgan fingerprint density at radius 1 is 1.09 bits per heavy atom. The average molecular weight is 292 g/mol. The van der Waals surface area contributed by atoms with E-state index < -0.39 is 0 Å². The molecule has 3 aromatic rings.